The minimum atomic E-state index is -0.927. The highest BCUT2D eigenvalue weighted by atomic mass is 16.6. The zero-order valence-electron chi connectivity index (χ0n) is 13.2. The number of ether oxygens (including phenoxy) is 2. The lowest BCUT2D eigenvalue weighted by Crippen LogP contribution is -2.52. The predicted octanol–water partition coefficient (Wildman–Crippen LogP) is -0.292. The Bertz CT molecular complexity index is 513. The third-order valence-electron chi connectivity index (χ3n) is 4.15. The summed E-state index contributed by atoms with van der Waals surface area (Å²) in [5, 5.41) is 3.34. The quantitative estimate of drug-likeness (QED) is 0.530. The van der Waals surface area contributed by atoms with Crippen LogP contribution in [0.2, 0.25) is 0 Å². The van der Waals surface area contributed by atoms with Crippen LogP contribution in [0.25, 0.3) is 0 Å². The third-order valence-corrected chi connectivity index (χ3v) is 4.15. The summed E-state index contributed by atoms with van der Waals surface area (Å²) in [6.07, 6.45) is 2.77. The fourth-order valence-corrected chi connectivity index (χ4v) is 2.78. The molecule has 0 aromatic heterocycles. The van der Waals surface area contributed by atoms with Gasteiger partial charge in [-0.1, -0.05) is 6.92 Å². The summed E-state index contributed by atoms with van der Waals surface area (Å²) in [5.74, 6) is -1.43. The van der Waals surface area contributed by atoms with Gasteiger partial charge in [0.1, 0.15) is 12.1 Å². The summed E-state index contributed by atoms with van der Waals surface area (Å²) in [4.78, 5) is 47.3. The van der Waals surface area contributed by atoms with Crippen LogP contribution in [0.3, 0.4) is 0 Å². The van der Waals surface area contributed by atoms with E-state index in [4.69, 9.17) is 0 Å². The van der Waals surface area contributed by atoms with Crippen molar-refractivity contribution in [2.45, 2.75) is 38.1 Å². The summed E-state index contributed by atoms with van der Waals surface area (Å²) < 4.78 is 9.18. The third kappa shape index (κ3) is 3.79. The van der Waals surface area contributed by atoms with E-state index >= 15 is 0 Å². The fourth-order valence-electron chi connectivity index (χ4n) is 2.78. The van der Waals surface area contributed by atoms with Crippen molar-refractivity contribution in [2.75, 3.05) is 20.3 Å². The fraction of sp³-hybridized carbons (Fsp3) is 0.714. The van der Waals surface area contributed by atoms with Crippen LogP contribution in [-0.2, 0) is 23.9 Å². The molecule has 0 bridgehead atoms. The molecule has 1 aliphatic heterocycles. The number of imide groups is 1. The number of hydrogen-bond acceptors (Lipinski definition) is 6. The number of carbonyl (C=O) groups excluding carboxylic acids is 4. The lowest BCUT2D eigenvalue weighted by atomic mass is 9.77. The molecule has 2 aliphatic rings. The summed E-state index contributed by atoms with van der Waals surface area (Å²) in [7, 11) is 1.32. The molecule has 1 saturated carbocycles. The van der Waals surface area contributed by atoms with Gasteiger partial charge in [0.15, 0.2) is 6.61 Å². The van der Waals surface area contributed by atoms with Gasteiger partial charge in [0, 0.05) is 7.11 Å². The topological polar surface area (TPSA) is 114 Å². The Morgan fingerprint density at radius 1 is 1.30 bits per heavy atom. The van der Waals surface area contributed by atoms with Crippen LogP contribution in [0, 0.1) is 5.92 Å². The highest BCUT2D eigenvalue weighted by molar-refractivity contribution is 6.08. The first-order chi connectivity index (χ1) is 10.9. The summed E-state index contributed by atoms with van der Waals surface area (Å²) >= 11 is 0. The number of esters is 1. The molecule has 0 atom stereocenters. The normalized spacial score (nSPS) is 27.0. The number of hydrogen-bond donors (Lipinski definition) is 2. The van der Waals surface area contributed by atoms with E-state index in [2.05, 4.69) is 27.1 Å². The van der Waals surface area contributed by atoms with E-state index in [1.54, 1.807) is 0 Å². The SMILES string of the molecule is COCC(=O)OCC(=O)NN1C(=O)NC2(CCC(C)CC2)C1=O. The zero-order chi connectivity index (χ0) is 17.0. The van der Waals surface area contributed by atoms with Gasteiger partial charge < -0.3 is 14.8 Å². The first kappa shape index (κ1) is 17.2. The molecule has 9 nitrogen and oxygen atoms in total. The molecule has 1 aliphatic carbocycles. The molecule has 9 heteroatoms. The molecule has 0 aromatic rings. The largest absolute Gasteiger partial charge is 0.454 e. The average molecular weight is 327 g/mol. The average Bonchev–Trinajstić information content (AvgIpc) is 2.73. The van der Waals surface area contributed by atoms with Crippen LogP contribution in [-0.4, -0.2) is 54.7 Å². The monoisotopic (exact) mass is 327 g/mol. The zero-order valence-corrected chi connectivity index (χ0v) is 13.2. The van der Waals surface area contributed by atoms with Crippen molar-refractivity contribution in [1.29, 1.82) is 0 Å². The smallest absolute Gasteiger partial charge is 0.344 e. The molecular weight excluding hydrogens is 306 g/mol. The molecule has 1 heterocycles. The van der Waals surface area contributed by atoms with Crippen molar-refractivity contribution < 1.29 is 28.7 Å². The molecule has 0 aromatic carbocycles. The van der Waals surface area contributed by atoms with Gasteiger partial charge in [-0.3, -0.25) is 15.0 Å². The van der Waals surface area contributed by atoms with Crippen molar-refractivity contribution in [3.8, 4) is 0 Å². The second kappa shape index (κ2) is 6.95. The van der Waals surface area contributed by atoms with Crippen LogP contribution in [0.1, 0.15) is 32.6 Å². The first-order valence-electron chi connectivity index (χ1n) is 7.49. The van der Waals surface area contributed by atoms with Crippen molar-refractivity contribution in [2.24, 2.45) is 5.92 Å². The molecule has 2 fully saturated rings. The van der Waals surface area contributed by atoms with Gasteiger partial charge >= 0.3 is 12.0 Å². The Morgan fingerprint density at radius 2 is 1.96 bits per heavy atom. The Kier molecular flexibility index (Phi) is 5.19. The maximum Gasteiger partial charge on any atom is 0.344 e. The highest BCUT2D eigenvalue weighted by Crippen LogP contribution is 2.35. The molecule has 23 heavy (non-hydrogen) atoms. The van der Waals surface area contributed by atoms with E-state index in [1.165, 1.54) is 7.11 Å². The summed E-state index contributed by atoms with van der Waals surface area (Å²) in [6, 6.07) is -0.666. The maximum atomic E-state index is 12.5. The molecular formula is C14H21N3O6. The van der Waals surface area contributed by atoms with Crippen LogP contribution < -0.4 is 10.7 Å². The van der Waals surface area contributed by atoms with Gasteiger partial charge in [-0.05, 0) is 31.6 Å². The number of methoxy groups -OCH3 is 1. The van der Waals surface area contributed by atoms with E-state index in [9.17, 15) is 19.2 Å². The Balaban J connectivity index is 1.90. The highest BCUT2D eigenvalue weighted by Gasteiger charge is 2.52. The number of rotatable bonds is 5. The number of nitrogens with one attached hydrogen (secondary N) is 2. The van der Waals surface area contributed by atoms with E-state index < -0.39 is 36.0 Å². The lowest BCUT2D eigenvalue weighted by Gasteiger charge is -2.33. The number of hydrazine groups is 1. The van der Waals surface area contributed by atoms with E-state index in [0.717, 1.165) is 12.8 Å². The van der Waals surface area contributed by atoms with E-state index in [0.29, 0.717) is 23.8 Å². The minimum absolute atomic E-state index is 0.280. The molecule has 4 amide bonds. The van der Waals surface area contributed by atoms with Gasteiger partial charge in [-0.25, -0.2) is 9.59 Å². The number of nitrogens with zero attached hydrogens (tertiary/aromatic N) is 1. The number of urea groups is 1. The van der Waals surface area contributed by atoms with Gasteiger partial charge in [-0.15, -0.1) is 0 Å². The minimum Gasteiger partial charge on any atom is -0.454 e. The molecule has 2 rings (SSSR count). The first-order valence-corrected chi connectivity index (χ1v) is 7.49. The van der Waals surface area contributed by atoms with Crippen LogP contribution in [0.4, 0.5) is 4.79 Å². The molecule has 0 unspecified atom stereocenters. The van der Waals surface area contributed by atoms with Crippen molar-refractivity contribution in [3.63, 3.8) is 0 Å². The molecule has 0 radical (unpaired) electrons. The second-order valence-electron chi connectivity index (χ2n) is 5.96. The number of amides is 4. The molecule has 128 valence electrons. The van der Waals surface area contributed by atoms with E-state index in [1.807, 2.05) is 0 Å². The van der Waals surface area contributed by atoms with Crippen LogP contribution >= 0.6 is 0 Å². The van der Waals surface area contributed by atoms with Gasteiger partial charge in [0.2, 0.25) is 0 Å². The summed E-state index contributed by atoms with van der Waals surface area (Å²) in [6.45, 7) is 1.23. The molecule has 2 N–H and O–H groups in total. The Morgan fingerprint density at radius 3 is 2.57 bits per heavy atom. The standard InChI is InChI=1S/C14H21N3O6/c1-9-3-5-14(6-4-9)12(20)17(13(21)15-14)16-10(18)7-23-11(19)8-22-2/h9H,3-8H2,1-2H3,(H,15,21)(H,16,18). The van der Waals surface area contributed by atoms with E-state index in [-0.39, 0.29) is 6.61 Å². The predicted molar refractivity (Wildman–Crippen MR) is 76.7 cm³/mol. The molecule has 1 saturated heterocycles. The second-order valence-corrected chi connectivity index (χ2v) is 5.96. The summed E-state index contributed by atoms with van der Waals surface area (Å²) in [5.41, 5.74) is 1.25. The molecule has 1 spiro atoms. The van der Waals surface area contributed by atoms with Gasteiger partial charge in [0.25, 0.3) is 11.8 Å². The Hall–Kier alpha value is -2.16. The van der Waals surface area contributed by atoms with Crippen molar-refractivity contribution in [3.05, 3.63) is 0 Å². The van der Waals surface area contributed by atoms with Gasteiger partial charge in [0.05, 0.1) is 0 Å². The van der Waals surface area contributed by atoms with Crippen LogP contribution in [0.15, 0.2) is 0 Å². The lowest BCUT2D eigenvalue weighted by molar-refractivity contribution is -0.153. The van der Waals surface area contributed by atoms with Crippen molar-refractivity contribution >= 4 is 23.8 Å². The maximum absolute atomic E-state index is 12.5. The van der Waals surface area contributed by atoms with Crippen molar-refractivity contribution in [1.82, 2.24) is 15.8 Å². The van der Waals surface area contributed by atoms with Crippen LogP contribution in [0.5, 0.6) is 0 Å². The Labute approximate surface area is 133 Å². The number of carbonyl (C=O) groups is 4. The van der Waals surface area contributed by atoms with Gasteiger partial charge in [-0.2, -0.15) is 5.01 Å².